The van der Waals surface area contributed by atoms with E-state index in [1.54, 1.807) is 0 Å². The third-order valence-corrected chi connectivity index (χ3v) is 9.02. The zero-order valence-electron chi connectivity index (χ0n) is 30.6. The van der Waals surface area contributed by atoms with Gasteiger partial charge in [-0.1, -0.05) is 194 Å². The molecule has 0 radical (unpaired) electrons. The van der Waals surface area contributed by atoms with Crippen LogP contribution in [0.15, 0.2) is 0 Å². The smallest absolute Gasteiger partial charge is 0.305 e. The van der Waals surface area contributed by atoms with Crippen LogP contribution in [0.5, 0.6) is 0 Å². The number of aliphatic hydroxyl groups is 1. The Morgan fingerprint density at radius 3 is 1.00 bits per heavy atom. The van der Waals surface area contributed by atoms with Crippen molar-refractivity contribution < 1.29 is 24.2 Å². The van der Waals surface area contributed by atoms with E-state index < -0.39 is 6.10 Å². The maximum Gasteiger partial charge on any atom is 0.305 e. The van der Waals surface area contributed by atoms with Crippen LogP contribution in [0.4, 0.5) is 0 Å². The first kappa shape index (κ1) is 43.9. The summed E-state index contributed by atoms with van der Waals surface area (Å²) in [5.74, 6) is 0.308. The normalized spacial score (nSPS) is 12.1. The molecule has 0 aliphatic heterocycles. The molecule has 5 heteroatoms. The Kier molecular flexibility index (Phi) is 34.9. The van der Waals surface area contributed by atoms with E-state index in [-0.39, 0.29) is 25.2 Å². The van der Waals surface area contributed by atoms with Crippen LogP contribution in [-0.2, 0) is 19.1 Å². The van der Waals surface area contributed by atoms with Crippen molar-refractivity contribution in [1.82, 2.24) is 0 Å². The minimum Gasteiger partial charge on any atom is -0.463 e. The van der Waals surface area contributed by atoms with Gasteiger partial charge in [0.1, 0.15) is 19.3 Å². The molecule has 0 spiro atoms. The number of unbranched alkanes of at least 4 members (excludes halogenated alkanes) is 26. The average Bonchev–Trinajstić information content (AvgIpc) is 3.02. The summed E-state index contributed by atoms with van der Waals surface area (Å²) in [5.41, 5.74) is 0. The molecule has 0 fully saturated rings. The zero-order valence-corrected chi connectivity index (χ0v) is 30.6. The van der Waals surface area contributed by atoms with Gasteiger partial charge in [-0.15, -0.1) is 0 Å². The van der Waals surface area contributed by atoms with E-state index in [4.69, 9.17) is 9.47 Å². The summed E-state index contributed by atoms with van der Waals surface area (Å²) in [7, 11) is 0. The molecule has 0 aromatic rings. The van der Waals surface area contributed by atoms with Crippen LogP contribution in [-0.4, -0.2) is 36.4 Å². The van der Waals surface area contributed by atoms with Crippen molar-refractivity contribution in [1.29, 1.82) is 0 Å². The molecule has 1 N–H and O–H groups in total. The molecule has 0 aromatic heterocycles. The van der Waals surface area contributed by atoms with Gasteiger partial charge in [0.2, 0.25) is 0 Å². The number of hydrogen-bond donors (Lipinski definition) is 1. The summed E-state index contributed by atoms with van der Waals surface area (Å²) < 4.78 is 10.3. The van der Waals surface area contributed by atoms with Crippen molar-refractivity contribution in [3.63, 3.8) is 0 Å². The fourth-order valence-corrected chi connectivity index (χ4v) is 5.98. The summed E-state index contributed by atoms with van der Waals surface area (Å²) in [4.78, 5) is 23.9. The second kappa shape index (κ2) is 35.7. The van der Waals surface area contributed by atoms with Crippen molar-refractivity contribution in [2.24, 2.45) is 5.92 Å². The van der Waals surface area contributed by atoms with Crippen LogP contribution in [0.25, 0.3) is 0 Å². The van der Waals surface area contributed by atoms with Gasteiger partial charge in [0.25, 0.3) is 0 Å². The maximum absolute atomic E-state index is 12.0. The average molecular weight is 639 g/mol. The fraction of sp³-hybridized carbons (Fsp3) is 0.950. The lowest BCUT2D eigenvalue weighted by Crippen LogP contribution is -2.25. The van der Waals surface area contributed by atoms with E-state index in [0.717, 1.165) is 31.6 Å². The Morgan fingerprint density at radius 1 is 0.444 bits per heavy atom. The predicted octanol–water partition coefficient (Wildman–Crippen LogP) is 12.2. The van der Waals surface area contributed by atoms with Crippen molar-refractivity contribution in [2.75, 3.05) is 13.2 Å². The van der Waals surface area contributed by atoms with Crippen molar-refractivity contribution >= 4 is 11.9 Å². The summed E-state index contributed by atoms with van der Waals surface area (Å²) in [6.07, 6.45) is 37.3. The monoisotopic (exact) mass is 639 g/mol. The molecule has 268 valence electrons. The zero-order chi connectivity index (χ0) is 33.1. The minimum atomic E-state index is -0.954. The van der Waals surface area contributed by atoms with Gasteiger partial charge in [-0.2, -0.15) is 0 Å². The van der Waals surface area contributed by atoms with Crippen LogP contribution in [0.1, 0.15) is 220 Å². The number of carbonyl (C=O) groups is 2. The van der Waals surface area contributed by atoms with Gasteiger partial charge in [-0.3, -0.25) is 9.59 Å². The topological polar surface area (TPSA) is 72.8 Å². The molecule has 0 saturated heterocycles. The van der Waals surface area contributed by atoms with Crippen LogP contribution < -0.4 is 0 Å². The first-order chi connectivity index (χ1) is 22.0. The molecule has 0 aromatic carbocycles. The van der Waals surface area contributed by atoms with Crippen LogP contribution in [0.3, 0.4) is 0 Å². The molecule has 45 heavy (non-hydrogen) atoms. The first-order valence-electron chi connectivity index (χ1n) is 19.9. The molecule has 0 rings (SSSR count). The largest absolute Gasteiger partial charge is 0.463 e. The SMILES string of the molecule is CCCCCCCCCCCCCCC(=O)OC[C@@H](O)COC(=O)CCCCCCCCCCCCCCCCCCC(C)C. The van der Waals surface area contributed by atoms with Crippen LogP contribution >= 0.6 is 0 Å². The summed E-state index contributed by atoms with van der Waals surface area (Å²) in [6.45, 7) is 6.68. The maximum atomic E-state index is 12.0. The van der Waals surface area contributed by atoms with Crippen molar-refractivity contribution in [3.8, 4) is 0 Å². The Labute approximate surface area is 280 Å². The van der Waals surface area contributed by atoms with Gasteiger partial charge < -0.3 is 14.6 Å². The van der Waals surface area contributed by atoms with Gasteiger partial charge >= 0.3 is 11.9 Å². The quantitative estimate of drug-likeness (QED) is 0.0546. The molecule has 0 aliphatic carbocycles. The highest BCUT2D eigenvalue weighted by molar-refractivity contribution is 5.69. The molecule has 5 nitrogen and oxygen atoms in total. The number of esters is 2. The Balaban J connectivity index is 3.36. The molecule has 0 amide bonds. The van der Waals surface area contributed by atoms with Gasteiger partial charge in [-0.25, -0.2) is 0 Å². The summed E-state index contributed by atoms with van der Waals surface area (Å²) >= 11 is 0. The highest BCUT2D eigenvalue weighted by Crippen LogP contribution is 2.16. The summed E-state index contributed by atoms with van der Waals surface area (Å²) in [6, 6.07) is 0. The van der Waals surface area contributed by atoms with Crippen molar-refractivity contribution in [2.45, 2.75) is 226 Å². The fourth-order valence-electron chi connectivity index (χ4n) is 5.98. The molecular weight excluding hydrogens is 560 g/mol. The van der Waals surface area contributed by atoms with Gasteiger partial charge in [0, 0.05) is 12.8 Å². The third kappa shape index (κ3) is 37.2. The molecular formula is C40H78O5. The molecule has 0 heterocycles. The Hall–Kier alpha value is -1.10. The van der Waals surface area contributed by atoms with Gasteiger partial charge in [0.05, 0.1) is 0 Å². The molecule has 1 atom stereocenters. The third-order valence-electron chi connectivity index (χ3n) is 9.02. The van der Waals surface area contributed by atoms with Gasteiger partial charge in [-0.05, 0) is 18.8 Å². The predicted molar refractivity (Wildman–Crippen MR) is 192 cm³/mol. The highest BCUT2D eigenvalue weighted by Gasteiger charge is 2.12. The standard InChI is InChI=1S/C40H78O5/c1-4-5-6-7-8-9-10-18-21-24-27-30-33-39(42)44-35-38(41)36-45-40(43)34-31-28-25-22-19-16-14-12-11-13-15-17-20-23-26-29-32-37(2)3/h37-38,41H,4-36H2,1-3H3/t38-/m1/s1. The van der Waals surface area contributed by atoms with E-state index in [2.05, 4.69) is 20.8 Å². The van der Waals surface area contributed by atoms with E-state index in [0.29, 0.717) is 12.8 Å². The molecule has 0 saturated carbocycles. The van der Waals surface area contributed by atoms with Gasteiger partial charge in [0.15, 0.2) is 0 Å². The van der Waals surface area contributed by atoms with E-state index in [1.165, 1.54) is 161 Å². The lowest BCUT2D eigenvalue weighted by atomic mass is 10.0. The molecule has 0 bridgehead atoms. The Morgan fingerprint density at radius 2 is 0.711 bits per heavy atom. The minimum absolute atomic E-state index is 0.108. The lowest BCUT2D eigenvalue weighted by Gasteiger charge is -2.12. The molecule has 0 aliphatic rings. The second-order valence-electron chi connectivity index (χ2n) is 14.2. The number of hydrogen-bond acceptors (Lipinski definition) is 5. The number of ether oxygens (including phenoxy) is 2. The number of aliphatic hydroxyl groups excluding tert-OH is 1. The van der Waals surface area contributed by atoms with E-state index in [9.17, 15) is 14.7 Å². The van der Waals surface area contributed by atoms with Crippen LogP contribution in [0, 0.1) is 5.92 Å². The Bertz CT molecular complexity index is 620. The van der Waals surface area contributed by atoms with Crippen molar-refractivity contribution in [3.05, 3.63) is 0 Å². The number of carbonyl (C=O) groups excluding carboxylic acids is 2. The van der Waals surface area contributed by atoms with E-state index >= 15 is 0 Å². The molecule has 0 unspecified atom stereocenters. The van der Waals surface area contributed by atoms with Crippen LogP contribution in [0.2, 0.25) is 0 Å². The first-order valence-corrected chi connectivity index (χ1v) is 19.9. The van der Waals surface area contributed by atoms with E-state index in [1.807, 2.05) is 0 Å². The lowest BCUT2D eigenvalue weighted by molar-refractivity contribution is -0.152. The second-order valence-corrected chi connectivity index (χ2v) is 14.2. The summed E-state index contributed by atoms with van der Waals surface area (Å²) in [5, 5.41) is 10.00. The highest BCUT2D eigenvalue weighted by atomic mass is 16.6. The number of rotatable bonds is 36.